The fourth-order valence-electron chi connectivity index (χ4n) is 2.07. The summed E-state index contributed by atoms with van der Waals surface area (Å²) in [5.41, 5.74) is 7.52. The van der Waals surface area contributed by atoms with E-state index in [2.05, 4.69) is 16.8 Å². The van der Waals surface area contributed by atoms with Gasteiger partial charge in [-0.2, -0.15) is 0 Å². The highest BCUT2D eigenvalue weighted by atomic mass is 35.5. The zero-order valence-corrected chi connectivity index (χ0v) is 10.4. The number of nitrogens with zero attached hydrogens (tertiary/aromatic N) is 2. The summed E-state index contributed by atoms with van der Waals surface area (Å²) in [6.45, 7) is 4.33. The smallest absolute Gasteiger partial charge is 0.0660 e. The summed E-state index contributed by atoms with van der Waals surface area (Å²) < 4.78 is 0. The van der Waals surface area contributed by atoms with E-state index < -0.39 is 0 Å². The zero-order chi connectivity index (χ0) is 11.5. The summed E-state index contributed by atoms with van der Waals surface area (Å²) in [6, 6.07) is 5.75. The maximum Gasteiger partial charge on any atom is 0.0660 e. The van der Waals surface area contributed by atoms with Gasteiger partial charge in [-0.3, -0.25) is 0 Å². The van der Waals surface area contributed by atoms with Gasteiger partial charge in [0.25, 0.3) is 0 Å². The van der Waals surface area contributed by atoms with E-state index in [9.17, 15) is 0 Å². The molecule has 88 valence electrons. The van der Waals surface area contributed by atoms with Crippen LogP contribution in [0.1, 0.15) is 6.42 Å². The highest BCUT2D eigenvalue weighted by molar-refractivity contribution is 6.33. The van der Waals surface area contributed by atoms with Crippen molar-refractivity contribution in [3.05, 3.63) is 23.2 Å². The first-order valence-corrected chi connectivity index (χ1v) is 6.03. The second kappa shape index (κ2) is 4.93. The topological polar surface area (TPSA) is 32.5 Å². The average molecular weight is 240 g/mol. The molecule has 0 aliphatic carbocycles. The fraction of sp³-hybridized carbons (Fsp3) is 0.500. The van der Waals surface area contributed by atoms with Crippen molar-refractivity contribution in [3.63, 3.8) is 0 Å². The third kappa shape index (κ3) is 2.60. The Morgan fingerprint density at radius 3 is 2.75 bits per heavy atom. The zero-order valence-electron chi connectivity index (χ0n) is 9.62. The standard InChI is InChI=1S/C12H18ClN3/c1-15-5-2-6-16(8-7-15)12-4-3-10(14)9-11(12)13/h3-4,9H,2,5-8,14H2,1H3. The van der Waals surface area contributed by atoms with Gasteiger partial charge in [0.2, 0.25) is 0 Å². The number of halogens is 1. The Kier molecular flexibility index (Phi) is 3.56. The highest BCUT2D eigenvalue weighted by Gasteiger charge is 2.14. The molecule has 1 heterocycles. The number of nitrogen functional groups attached to an aromatic ring is 1. The van der Waals surface area contributed by atoms with Crippen LogP contribution in [0.15, 0.2) is 18.2 Å². The predicted octanol–water partition coefficient (Wildman–Crippen LogP) is 2.06. The van der Waals surface area contributed by atoms with Gasteiger partial charge in [-0.05, 0) is 38.2 Å². The fourth-order valence-corrected chi connectivity index (χ4v) is 2.38. The Labute approximate surface area is 102 Å². The van der Waals surface area contributed by atoms with E-state index in [1.165, 1.54) is 6.42 Å². The predicted molar refractivity (Wildman–Crippen MR) is 70.2 cm³/mol. The summed E-state index contributed by atoms with van der Waals surface area (Å²) >= 11 is 6.22. The van der Waals surface area contributed by atoms with Crippen LogP contribution in [0.2, 0.25) is 5.02 Å². The molecule has 0 spiro atoms. The first kappa shape index (κ1) is 11.6. The van der Waals surface area contributed by atoms with Gasteiger partial charge in [-0.25, -0.2) is 0 Å². The SMILES string of the molecule is CN1CCCN(c2ccc(N)cc2Cl)CC1. The molecule has 0 radical (unpaired) electrons. The molecule has 0 unspecified atom stereocenters. The third-order valence-electron chi connectivity index (χ3n) is 3.03. The summed E-state index contributed by atoms with van der Waals surface area (Å²) in [4.78, 5) is 4.69. The summed E-state index contributed by atoms with van der Waals surface area (Å²) in [5, 5.41) is 0.754. The van der Waals surface area contributed by atoms with E-state index in [1.807, 2.05) is 18.2 Å². The molecule has 16 heavy (non-hydrogen) atoms. The Morgan fingerprint density at radius 2 is 2.00 bits per heavy atom. The van der Waals surface area contributed by atoms with Gasteiger partial charge in [0.1, 0.15) is 0 Å². The first-order chi connectivity index (χ1) is 7.66. The molecule has 3 nitrogen and oxygen atoms in total. The number of hydrogen-bond acceptors (Lipinski definition) is 3. The van der Waals surface area contributed by atoms with Gasteiger partial charge < -0.3 is 15.5 Å². The van der Waals surface area contributed by atoms with Gasteiger partial charge in [-0.15, -0.1) is 0 Å². The first-order valence-electron chi connectivity index (χ1n) is 5.65. The van der Waals surface area contributed by atoms with Crippen LogP contribution >= 0.6 is 11.6 Å². The minimum Gasteiger partial charge on any atom is -0.399 e. The Hall–Kier alpha value is -0.930. The van der Waals surface area contributed by atoms with Crippen molar-refractivity contribution < 1.29 is 0 Å². The van der Waals surface area contributed by atoms with Crippen LogP contribution in [-0.2, 0) is 0 Å². The van der Waals surface area contributed by atoms with E-state index in [1.54, 1.807) is 0 Å². The molecule has 0 aromatic heterocycles. The summed E-state index contributed by atoms with van der Waals surface area (Å²) in [6.07, 6.45) is 1.18. The van der Waals surface area contributed by atoms with Crippen molar-refractivity contribution in [2.45, 2.75) is 6.42 Å². The lowest BCUT2D eigenvalue weighted by Gasteiger charge is -2.24. The molecule has 4 heteroatoms. The second-order valence-electron chi connectivity index (χ2n) is 4.35. The second-order valence-corrected chi connectivity index (χ2v) is 4.76. The van der Waals surface area contributed by atoms with E-state index in [4.69, 9.17) is 17.3 Å². The lowest BCUT2D eigenvalue weighted by molar-refractivity contribution is 0.360. The highest BCUT2D eigenvalue weighted by Crippen LogP contribution is 2.28. The van der Waals surface area contributed by atoms with Gasteiger partial charge in [0.05, 0.1) is 10.7 Å². The minimum atomic E-state index is 0.723. The number of anilines is 2. The third-order valence-corrected chi connectivity index (χ3v) is 3.33. The molecule has 1 aromatic rings. The van der Waals surface area contributed by atoms with Crippen molar-refractivity contribution in [1.82, 2.24) is 4.90 Å². The van der Waals surface area contributed by atoms with Crippen molar-refractivity contribution in [2.75, 3.05) is 43.9 Å². The van der Waals surface area contributed by atoms with Crippen LogP contribution < -0.4 is 10.6 Å². The van der Waals surface area contributed by atoms with Gasteiger partial charge in [0.15, 0.2) is 0 Å². The van der Waals surface area contributed by atoms with Crippen molar-refractivity contribution >= 4 is 23.0 Å². The van der Waals surface area contributed by atoms with E-state index >= 15 is 0 Å². The van der Waals surface area contributed by atoms with Crippen LogP contribution in [-0.4, -0.2) is 38.1 Å². The van der Waals surface area contributed by atoms with E-state index in [-0.39, 0.29) is 0 Å². The quantitative estimate of drug-likeness (QED) is 0.762. The van der Waals surface area contributed by atoms with Crippen molar-refractivity contribution in [2.24, 2.45) is 0 Å². The Bertz CT molecular complexity index is 367. The van der Waals surface area contributed by atoms with Crippen molar-refractivity contribution in [3.8, 4) is 0 Å². The van der Waals surface area contributed by atoms with Crippen LogP contribution in [0.5, 0.6) is 0 Å². The minimum absolute atomic E-state index is 0.723. The van der Waals surface area contributed by atoms with Crippen LogP contribution in [0.3, 0.4) is 0 Å². The normalized spacial score (nSPS) is 18.5. The Balaban J connectivity index is 2.16. The number of nitrogens with two attached hydrogens (primary N) is 1. The molecule has 2 rings (SSSR count). The molecular formula is C12H18ClN3. The number of benzene rings is 1. The molecule has 0 amide bonds. The molecule has 0 bridgehead atoms. The number of hydrogen-bond donors (Lipinski definition) is 1. The molecule has 1 aliphatic rings. The molecule has 1 aliphatic heterocycles. The Morgan fingerprint density at radius 1 is 1.19 bits per heavy atom. The maximum absolute atomic E-state index is 6.22. The molecule has 1 aromatic carbocycles. The molecule has 2 N–H and O–H groups in total. The summed E-state index contributed by atoms with van der Waals surface area (Å²) in [5.74, 6) is 0. The molecule has 1 saturated heterocycles. The molecule has 0 saturated carbocycles. The van der Waals surface area contributed by atoms with Gasteiger partial charge in [0, 0.05) is 25.3 Å². The number of likely N-dealkylation sites (N-methyl/N-ethyl adjacent to an activating group) is 1. The van der Waals surface area contributed by atoms with Crippen molar-refractivity contribution in [1.29, 1.82) is 0 Å². The van der Waals surface area contributed by atoms with Crippen LogP contribution in [0.25, 0.3) is 0 Å². The molecule has 0 atom stereocenters. The average Bonchev–Trinajstić information content (AvgIpc) is 2.43. The van der Waals surface area contributed by atoms with E-state index in [0.29, 0.717) is 0 Å². The molecular weight excluding hydrogens is 222 g/mol. The van der Waals surface area contributed by atoms with Gasteiger partial charge >= 0.3 is 0 Å². The number of rotatable bonds is 1. The lowest BCUT2D eigenvalue weighted by Crippen LogP contribution is -2.28. The molecule has 1 fully saturated rings. The maximum atomic E-state index is 6.22. The van der Waals surface area contributed by atoms with E-state index in [0.717, 1.165) is 42.6 Å². The van der Waals surface area contributed by atoms with Crippen LogP contribution in [0, 0.1) is 0 Å². The lowest BCUT2D eigenvalue weighted by atomic mass is 10.2. The van der Waals surface area contributed by atoms with Gasteiger partial charge in [-0.1, -0.05) is 11.6 Å². The largest absolute Gasteiger partial charge is 0.399 e. The van der Waals surface area contributed by atoms with Crippen LogP contribution in [0.4, 0.5) is 11.4 Å². The summed E-state index contributed by atoms with van der Waals surface area (Å²) in [7, 11) is 2.16. The monoisotopic (exact) mass is 239 g/mol.